The van der Waals surface area contributed by atoms with Gasteiger partial charge in [0.1, 0.15) is 0 Å². The first-order valence-corrected chi connectivity index (χ1v) is 7.84. The molecule has 2 aromatic heterocycles. The Morgan fingerprint density at radius 2 is 1.95 bits per heavy atom. The number of halogens is 1. The molecule has 1 aromatic carbocycles. The predicted molar refractivity (Wildman–Crippen MR) is 87.0 cm³/mol. The Bertz CT molecular complexity index is 720. The summed E-state index contributed by atoms with van der Waals surface area (Å²) in [4.78, 5) is 0. The van der Waals surface area contributed by atoms with E-state index in [0.717, 1.165) is 22.4 Å². The third kappa shape index (κ3) is 3.14. The van der Waals surface area contributed by atoms with Gasteiger partial charge < -0.3 is 5.32 Å². The average molecular weight is 345 g/mol. The molecule has 21 heavy (non-hydrogen) atoms. The van der Waals surface area contributed by atoms with Gasteiger partial charge in [0, 0.05) is 16.7 Å². The van der Waals surface area contributed by atoms with Gasteiger partial charge in [-0.15, -0.1) is 10.2 Å². The number of pyridine rings is 1. The number of aromatic nitrogens is 3. The summed E-state index contributed by atoms with van der Waals surface area (Å²) in [5.41, 5.74) is 2.17. The zero-order valence-electron chi connectivity index (χ0n) is 11.8. The van der Waals surface area contributed by atoms with Crippen LogP contribution in [0.3, 0.4) is 0 Å². The normalized spacial score (nSPS) is 12.7. The lowest BCUT2D eigenvalue weighted by Crippen LogP contribution is -2.21. The van der Waals surface area contributed by atoms with Crippen molar-refractivity contribution in [1.82, 2.24) is 19.9 Å². The van der Waals surface area contributed by atoms with E-state index in [9.17, 15) is 0 Å². The van der Waals surface area contributed by atoms with Gasteiger partial charge in [0.2, 0.25) is 0 Å². The van der Waals surface area contributed by atoms with E-state index in [2.05, 4.69) is 62.6 Å². The minimum atomic E-state index is 0.314. The van der Waals surface area contributed by atoms with Crippen molar-refractivity contribution in [2.24, 2.45) is 0 Å². The maximum Gasteiger partial charge on any atom is 0.160 e. The largest absolute Gasteiger partial charge is 0.303 e. The third-order valence-electron chi connectivity index (χ3n) is 3.57. The maximum atomic E-state index is 4.25. The molecule has 0 saturated heterocycles. The highest BCUT2D eigenvalue weighted by atomic mass is 79.9. The molecular weight excluding hydrogens is 328 g/mol. The number of hydrogen-bond donors (Lipinski definition) is 1. The Morgan fingerprint density at radius 1 is 1.14 bits per heavy atom. The van der Waals surface area contributed by atoms with Crippen LogP contribution >= 0.6 is 15.9 Å². The molecule has 0 aliphatic heterocycles. The van der Waals surface area contributed by atoms with Gasteiger partial charge in [0.05, 0.1) is 6.54 Å². The quantitative estimate of drug-likeness (QED) is 0.766. The van der Waals surface area contributed by atoms with Gasteiger partial charge in [0.15, 0.2) is 11.5 Å². The van der Waals surface area contributed by atoms with E-state index in [-0.39, 0.29) is 0 Å². The van der Waals surface area contributed by atoms with Gasteiger partial charge in [-0.1, -0.05) is 41.1 Å². The number of fused-ring (bicyclic) bond motifs is 1. The fraction of sp³-hybridized carbons (Fsp3) is 0.250. The van der Waals surface area contributed by atoms with Crippen LogP contribution in [0.2, 0.25) is 0 Å². The van der Waals surface area contributed by atoms with Crippen molar-refractivity contribution in [3.8, 4) is 0 Å². The van der Waals surface area contributed by atoms with Gasteiger partial charge in [0.25, 0.3) is 0 Å². The Balaban J connectivity index is 1.74. The number of nitrogens with zero attached hydrogens (tertiary/aromatic N) is 3. The van der Waals surface area contributed by atoms with Gasteiger partial charge >= 0.3 is 0 Å². The lowest BCUT2D eigenvalue weighted by atomic mass is 10.0. The molecule has 0 saturated carbocycles. The molecule has 1 N–H and O–H groups in total. The highest BCUT2D eigenvalue weighted by Gasteiger charge is 2.11. The lowest BCUT2D eigenvalue weighted by molar-refractivity contribution is 0.506. The smallest absolute Gasteiger partial charge is 0.160 e. The molecule has 0 bridgehead atoms. The van der Waals surface area contributed by atoms with E-state index in [1.807, 2.05) is 28.8 Å². The fourth-order valence-corrected chi connectivity index (χ4v) is 2.68. The monoisotopic (exact) mass is 344 g/mol. The molecule has 0 radical (unpaired) electrons. The van der Waals surface area contributed by atoms with Crippen LogP contribution in [-0.4, -0.2) is 14.6 Å². The minimum absolute atomic E-state index is 0.314. The lowest BCUT2D eigenvalue weighted by Gasteiger charge is -2.17. The Kier molecular flexibility index (Phi) is 4.31. The van der Waals surface area contributed by atoms with Crippen LogP contribution in [0.4, 0.5) is 0 Å². The first-order chi connectivity index (χ1) is 10.3. The molecule has 3 aromatic rings. The van der Waals surface area contributed by atoms with Gasteiger partial charge in [-0.3, -0.25) is 4.40 Å². The molecule has 0 aliphatic carbocycles. The number of benzene rings is 1. The van der Waals surface area contributed by atoms with Crippen LogP contribution < -0.4 is 5.32 Å². The van der Waals surface area contributed by atoms with Crippen LogP contribution in [0, 0.1) is 0 Å². The molecule has 108 valence electrons. The van der Waals surface area contributed by atoms with Crippen molar-refractivity contribution in [3.63, 3.8) is 0 Å². The van der Waals surface area contributed by atoms with Gasteiger partial charge in [-0.05, 0) is 36.2 Å². The van der Waals surface area contributed by atoms with Crippen LogP contribution in [0.1, 0.15) is 30.8 Å². The van der Waals surface area contributed by atoms with E-state index in [1.54, 1.807) is 0 Å². The third-order valence-corrected chi connectivity index (χ3v) is 4.10. The molecule has 5 heteroatoms. The molecule has 1 unspecified atom stereocenters. The summed E-state index contributed by atoms with van der Waals surface area (Å²) in [6.45, 7) is 2.88. The Hall–Kier alpha value is -1.72. The number of nitrogens with one attached hydrogen (secondary N) is 1. The van der Waals surface area contributed by atoms with E-state index < -0.39 is 0 Å². The zero-order chi connectivity index (χ0) is 14.7. The Morgan fingerprint density at radius 3 is 2.71 bits per heavy atom. The van der Waals surface area contributed by atoms with Crippen LogP contribution in [0.15, 0.2) is 53.1 Å². The summed E-state index contributed by atoms with van der Waals surface area (Å²) < 4.78 is 3.12. The van der Waals surface area contributed by atoms with Gasteiger partial charge in [-0.25, -0.2) is 0 Å². The van der Waals surface area contributed by atoms with Crippen molar-refractivity contribution in [2.75, 3.05) is 0 Å². The van der Waals surface area contributed by atoms with Crippen LogP contribution in [0.25, 0.3) is 5.65 Å². The Labute approximate surface area is 132 Å². The van der Waals surface area contributed by atoms with E-state index in [1.165, 1.54) is 5.56 Å². The number of rotatable bonds is 5. The summed E-state index contributed by atoms with van der Waals surface area (Å²) >= 11 is 3.47. The molecular formula is C16H17BrN4. The predicted octanol–water partition coefficient (Wildman–Crippen LogP) is 3.73. The van der Waals surface area contributed by atoms with E-state index in [4.69, 9.17) is 0 Å². The molecule has 0 fully saturated rings. The summed E-state index contributed by atoms with van der Waals surface area (Å²) in [6.07, 6.45) is 3.02. The summed E-state index contributed by atoms with van der Waals surface area (Å²) in [7, 11) is 0. The van der Waals surface area contributed by atoms with Crippen LogP contribution in [-0.2, 0) is 6.54 Å². The summed E-state index contributed by atoms with van der Waals surface area (Å²) in [5.74, 6) is 0.932. The topological polar surface area (TPSA) is 42.2 Å². The summed E-state index contributed by atoms with van der Waals surface area (Å²) in [5, 5.41) is 12.0. The second-order valence-electron chi connectivity index (χ2n) is 4.94. The zero-order valence-corrected chi connectivity index (χ0v) is 13.4. The molecule has 0 amide bonds. The SMILES string of the molecule is CCC(NCc1nnc2ccccn12)c1ccc(Br)cc1. The summed E-state index contributed by atoms with van der Waals surface area (Å²) in [6, 6.07) is 14.7. The van der Waals surface area contributed by atoms with Crippen molar-refractivity contribution < 1.29 is 0 Å². The first-order valence-electron chi connectivity index (χ1n) is 7.05. The molecule has 0 spiro atoms. The molecule has 1 atom stereocenters. The second kappa shape index (κ2) is 6.37. The van der Waals surface area contributed by atoms with Crippen molar-refractivity contribution in [1.29, 1.82) is 0 Å². The average Bonchev–Trinajstić information content (AvgIpc) is 2.93. The van der Waals surface area contributed by atoms with Crippen LogP contribution in [0.5, 0.6) is 0 Å². The van der Waals surface area contributed by atoms with Crippen molar-refractivity contribution in [3.05, 3.63) is 64.5 Å². The van der Waals surface area contributed by atoms with E-state index >= 15 is 0 Å². The van der Waals surface area contributed by atoms with E-state index in [0.29, 0.717) is 12.6 Å². The molecule has 3 rings (SSSR count). The highest BCUT2D eigenvalue weighted by molar-refractivity contribution is 9.10. The van der Waals surface area contributed by atoms with Gasteiger partial charge in [-0.2, -0.15) is 0 Å². The highest BCUT2D eigenvalue weighted by Crippen LogP contribution is 2.19. The molecule has 4 nitrogen and oxygen atoms in total. The molecule has 0 aliphatic rings. The fourth-order valence-electron chi connectivity index (χ4n) is 2.42. The minimum Gasteiger partial charge on any atom is -0.303 e. The van der Waals surface area contributed by atoms with Crippen molar-refractivity contribution in [2.45, 2.75) is 25.9 Å². The first kappa shape index (κ1) is 14.2. The van der Waals surface area contributed by atoms with Crippen molar-refractivity contribution >= 4 is 21.6 Å². The number of hydrogen-bond acceptors (Lipinski definition) is 3. The standard InChI is InChI=1S/C16H17BrN4/c1-2-14(12-6-8-13(17)9-7-12)18-11-16-20-19-15-5-3-4-10-21(15)16/h3-10,14,18H,2,11H2,1H3. The second-order valence-corrected chi connectivity index (χ2v) is 5.85. The molecule has 2 heterocycles. The maximum absolute atomic E-state index is 4.25.